The Balaban J connectivity index is 1.82. The highest BCUT2D eigenvalue weighted by Gasteiger charge is 2.46. The maximum atomic E-state index is 11.6. The summed E-state index contributed by atoms with van der Waals surface area (Å²) in [5.41, 5.74) is 4.70. The van der Waals surface area contributed by atoms with Gasteiger partial charge in [0.2, 0.25) is 0 Å². The second kappa shape index (κ2) is 9.04. The number of allylic oxidation sites excluding steroid dienone is 3. The Labute approximate surface area is 221 Å². The van der Waals surface area contributed by atoms with Gasteiger partial charge < -0.3 is 10.2 Å². The molecule has 1 atom stereocenters. The Bertz CT molecular complexity index is 1350. The average molecular weight is 502 g/mol. The maximum absolute atomic E-state index is 11.6. The first-order chi connectivity index (χ1) is 17.0. The van der Waals surface area contributed by atoms with Gasteiger partial charge in [0.1, 0.15) is 22.5 Å². The number of aliphatic hydroxyl groups excluding tert-OH is 1. The highest BCUT2D eigenvalue weighted by Crippen LogP contribution is 2.55. The van der Waals surface area contributed by atoms with Crippen LogP contribution in [-0.4, -0.2) is 25.2 Å². The molecule has 0 spiro atoms. The molecule has 5 nitrogen and oxygen atoms in total. The van der Waals surface area contributed by atoms with Crippen LogP contribution in [-0.2, 0) is 6.42 Å². The maximum Gasteiger partial charge on any atom is 0.121 e. The number of hydrogen-bond acceptors (Lipinski definition) is 4. The van der Waals surface area contributed by atoms with E-state index < -0.39 is 0 Å². The van der Waals surface area contributed by atoms with Crippen LogP contribution in [0.5, 0.6) is 5.75 Å². The molecule has 0 aliphatic heterocycles. The van der Waals surface area contributed by atoms with Gasteiger partial charge in [-0.3, -0.25) is 0 Å². The van der Waals surface area contributed by atoms with Crippen molar-refractivity contribution in [3.05, 3.63) is 71.0 Å². The van der Waals surface area contributed by atoms with Crippen LogP contribution >= 0.6 is 0 Å². The number of phenolic OH excluding ortho intramolecular Hbond substituents is 1. The van der Waals surface area contributed by atoms with E-state index in [9.17, 15) is 10.2 Å². The summed E-state index contributed by atoms with van der Waals surface area (Å²) in [7, 11) is 0. The standard InChI is InChI=1S/C32H43N3O2/c1-29(2,3)20-31(7,8)32(9)18-21(28(37)23(19-32)30(4,5)6)17-22-26(15-12-16-27(22)36)35-33-24-13-10-11-14-25(24)34-35/h10-16,19,36-37H,17-18,20H2,1-9H3. The molecule has 0 radical (unpaired) electrons. The normalized spacial score (nSPS) is 19.4. The second-order valence-electron chi connectivity index (χ2n) is 13.9. The van der Waals surface area contributed by atoms with Crippen LogP contribution in [0.1, 0.15) is 80.7 Å². The van der Waals surface area contributed by atoms with E-state index in [4.69, 9.17) is 0 Å². The second-order valence-corrected chi connectivity index (χ2v) is 13.9. The number of hydrogen-bond donors (Lipinski definition) is 2. The SMILES string of the molecule is CC(C)(C)CC(C)(C)C1(C)C=C(C(C)(C)C)C(O)=C(Cc2c(O)cccc2-n2nc3ccccc3n2)C1. The van der Waals surface area contributed by atoms with Crippen LogP contribution in [0.3, 0.4) is 0 Å². The van der Waals surface area contributed by atoms with Crippen molar-refractivity contribution in [2.75, 3.05) is 0 Å². The highest BCUT2D eigenvalue weighted by atomic mass is 16.3. The zero-order valence-corrected chi connectivity index (χ0v) is 24.0. The highest BCUT2D eigenvalue weighted by molar-refractivity contribution is 5.73. The number of aromatic hydroxyl groups is 1. The fourth-order valence-electron chi connectivity index (χ4n) is 5.95. The van der Waals surface area contributed by atoms with Gasteiger partial charge in [-0.25, -0.2) is 0 Å². The Morgan fingerprint density at radius 1 is 0.865 bits per heavy atom. The number of fused-ring (bicyclic) bond motifs is 1. The smallest absolute Gasteiger partial charge is 0.121 e. The van der Waals surface area contributed by atoms with Crippen molar-refractivity contribution in [2.45, 2.75) is 81.6 Å². The van der Waals surface area contributed by atoms with Crippen molar-refractivity contribution >= 4 is 11.0 Å². The van der Waals surface area contributed by atoms with E-state index in [1.54, 1.807) is 10.9 Å². The first-order valence-corrected chi connectivity index (χ1v) is 13.3. The number of benzene rings is 2. The molecule has 198 valence electrons. The van der Waals surface area contributed by atoms with Crippen molar-refractivity contribution in [1.29, 1.82) is 0 Å². The van der Waals surface area contributed by atoms with Gasteiger partial charge in [0, 0.05) is 12.0 Å². The van der Waals surface area contributed by atoms with E-state index in [1.165, 1.54) is 0 Å². The largest absolute Gasteiger partial charge is 0.508 e. The summed E-state index contributed by atoms with van der Waals surface area (Å²) >= 11 is 0. The molecule has 4 rings (SSSR count). The molecule has 0 bridgehead atoms. The van der Waals surface area contributed by atoms with E-state index >= 15 is 0 Å². The molecule has 5 heteroatoms. The summed E-state index contributed by atoms with van der Waals surface area (Å²) in [6.07, 6.45) is 4.50. The zero-order chi connectivity index (χ0) is 27.4. The molecular formula is C32H43N3O2. The predicted octanol–water partition coefficient (Wildman–Crippen LogP) is 8.33. The minimum atomic E-state index is -0.225. The lowest BCUT2D eigenvalue weighted by molar-refractivity contribution is 0.0767. The van der Waals surface area contributed by atoms with Gasteiger partial charge >= 0.3 is 0 Å². The van der Waals surface area contributed by atoms with Gasteiger partial charge in [-0.1, -0.05) is 86.6 Å². The zero-order valence-electron chi connectivity index (χ0n) is 24.0. The van der Waals surface area contributed by atoms with Crippen molar-refractivity contribution in [1.82, 2.24) is 15.0 Å². The molecule has 0 saturated carbocycles. The minimum Gasteiger partial charge on any atom is -0.508 e. The number of phenols is 1. The van der Waals surface area contributed by atoms with E-state index in [1.807, 2.05) is 36.4 Å². The Morgan fingerprint density at radius 2 is 1.46 bits per heavy atom. The Hall–Kier alpha value is -3.08. The topological polar surface area (TPSA) is 71.2 Å². The van der Waals surface area contributed by atoms with Crippen LogP contribution < -0.4 is 0 Å². The van der Waals surface area contributed by atoms with Crippen molar-refractivity contribution in [2.24, 2.45) is 21.7 Å². The molecule has 1 aliphatic carbocycles. The van der Waals surface area contributed by atoms with Gasteiger partial charge in [-0.2, -0.15) is 0 Å². The number of aromatic nitrogens is 3. The Morgan fingerprint density at radius 3 is 2.00 bits per heavy atom. The van der Waals surface area contributed by atoms with Crippen molar-refractivity contribution in [3.63, 3.8) is 0 Å². The van der Waals surface area contributed by atoms with Crippen LogP contribution in [0.4, 0.5) is 0 Å². The molecule has 0 saturated heterocycles. The third kappa shape index (κ3) is 5.32. The van der Waals surface area contributed by atoms with Gasteiger partial charge in [-0.05, 0) is 69.9 Å². The lowest BCUT2D eigenvalue weighted by atomic mass is 9.55. The molecule has 2 aromatic carbocycles. The molecule has 37 heavy (non-hydrogen) atoms. The molecule has 3 aromatic rings. The first-order valence-electron chi connectivity index (χ1n) is 13.3. The van der Waals surface area contributed by atoms with Gasteiger partial charge in [-0.15, -0.1) is 15.0 Å². The van der Waals surface area contributed by atoms with Crippen molar-refractivity contribution < 1.29 is 10.2 Å². The third-order valence-electron chi connectivity index (χ3n) is 7.98. The van der Waals surface area contributed by atoms with E-state index in [2.05, 4.69) is 78.6 Å². The van der Waals surface area contributed by atoms with Crippen LogP contribution in [0, 0.1) is 21.7 Å². The molecule has 0 amide bonds. The van der Waals surface area contributed by atoms with E-state index in [0.29, 0.717) is 18.6 Å². The molecule has 0 fully saturated rings. The van der Waals surface area contributed by atoms with E-state index in [-0.39, 0.29) is 27.4 Å². The summed E-state index contributed by atoms with van der Waals surface area (Å²) < 4.78 is 0. The Kier molecular flexibility index (Phi) is 6.59. The minimum absolute atomic E-state index is 0.0173. The monoisotopic (exact) mass is 501 g/mol. The van der Waals surface area contributed by atoms with Crippen LogP contribution in [0.15, 0.2) is 65.4 Å². The number of nitrogens with zero attached hydrogens (tertiary/aromatic N) is 3. The lowest BCUT2D eigenvalue weighted by Gasteiger charge is -2.49. The molecule has 1 unspecified atom stereocenters. The predicted molar refractivity (Wildman–Crippen MR) is 152 cm³/mol. The number of rotatable bonds is 5. The molecular weight excluding hydrogens is 458 g/mol. The van der Waals surface area contributed by atoms with E-state index in [0.717, 1.165) is 39.9 Å². The third-order valence-corrected chi connectivity index (χ3v) is 7.98. The van der Waals surface area contributed by atoms with Crippen LogP contribution in [0.2, 0.25) is 0 Å². The molecule has 2 N–H and O–H groups in total. The first kappa shape index (κ1) is 27.0. The van der Waals surface area contributed by atoms with Crippen LogP contribution in [0.25, 0.3) is 16.7 Å². The summed E-state index contributed by atoms with van der Waals surface area (Å²) in [6.45, 7) is 20.3. The fraction of sp³-hybridized carbons (Fsp3) is 0.500. The van der Waals surface area contributed by atoms with Gasteiger partial charge in [0.05, 0.1) is 5.69 Å². The average Bonchev–Trinajstić information content (AvgIpc) is 3.19. The lowest BCUT2D eigenvalue weighted by Crippen LogP contribution is -2.40. The summed E-state index contributed by atoms with van der Waals surface area (Å²) in [6, 6.07) is 13.2. The number of aliphatic hydroxyl groups is 1. The summed E-state index contributed by atoms with van der Waals surface area (Å²) in [5.74, 6) is 0.533. The molecule has 1 aromatic heterocycles. The summed E-state index contributed by atoms with van der Waals surface area (Å²) in [4.78, 5) is 1.60. The molecule has 1 aliphatic rings. The fourth-order valence-corrected chi connectivity index (χ4v) is 5.95. The van der Waals surface area contributed by atoms with Crippen molar-refractivity contribution in [3.8, 4) is 11.4 Å². The van der Waals surface area contributed by atoms with Gasteiger partial charge in [0.25, 0.3) is 0 Å². The molecule has 1 heterocycles. The van der Waals surface area contributed by atoms with Gasteiger partial charge in [0.15, 0.2) is 0 Å². The quantitative estimate of drug-likeness (QED) is 0.369. The summed E-state index contributed by atoms with van der Waals surface area (Å²) in [5, 5.41) is 32.0.